The van der Waals surface area contributed by atoms with Gasteiger partial charge in [0.05, 0.1) is 6.47 Å². The molecule has 4 heteroatoms. The highest BCUT2D eigenvalue weighted by Crippen LogP contribution is 2.85. The summed E-state index contributed by atoms with van der Waals surface area (Å²) in [6, 6.07) is 0. The van der Waals surface area contributed by atoms with Crippen molar-refractivity contribution in [1.82, 2.24) is 0 Å². The van der Waals surface area contributed by atoms with Gasteiger partial charge in [-0.3, -0.25) is 0 Å². The smallest absolute Gasteiger partial charge is 0.0808 e. The second-order valence-electron chi connectivity index (χ2n) is 7.24. The summed E-state index contributed by atoms with van der Waals surface area (Å²) in [7, 11) is 0. The average molecular weight is 502 g/mol. The Morgan fingerprint density at radius 3 is 1.11 bits per heavy atom. The molecule has 0 N–H and O–H groups in total. The molecule has 0 saturated heterocycles. The third-order valence-corrected chi connectivity index (χ3v) is 11.5. The fourth-order valence-electron chi connectivity index (χ4n) is 5.41. The van der Waals surface area contributed by atoms with Crippen molar-refractivity contribution < 1.29 is 0 Å². The lowest BCUT2D eigenvalue weighted by molar-refractivity contribution is -0.0139. The van der Waals surface area contributed by atoms with Crippen LogP contribution in [0.15, 0.2) is 12.2 Å². The topological polar surface area (TPSA) is 0 Å². The van der Waals surface area contributed by atoms with Gasteiger partial charge in [0.15, 0.2) is 0 Å². The molecule has 4 atom stereocenters. The van der Waals surface area contributed by atoms with Crippen LogP contribution in [-0.2, 0) is 0 Å². The molecule has 0 spiro atoms. The molecule has 5 aliphatic carbocycles. The first-order chi connectivity index (χ1) is 8.33. The minimum atomic E-state index is 0.271. The van der Waals surface area contributed by atoms with E-state index in [1.165, 1.54) is 25.7 Å². The Bertz CT molecular complexity index is 420. The van der Waals surface area contributed by atoms with Crippen molar-refractivity contribution >= 4 is 63.7 Å². The predicted molar refractivity (Wildman–Crippen MR) is 87.6 cm³/mol. The molecule has 4 fully saturated rings. The lowest BCUT2D eigenvalue weighted by Crippen LogP contribution is -2.51. The van der Waals surface area contributed by atoms with Crippen LogP contribution < -0.4 is 0 Å². The van der Waals surface area contributed by atoms with Gasteiger partial charge in [-0.25, -0.2) is 0 Å². The molecule has 4 saturated carbocycles. The van der Waals surface area contributed by atoms with E-state index in [1.54, 1.807) is 0 Å². The van der Waals surface area contributed by atoms with Gasteiger partial charge in [-0.1, -0.05) is 75.9 Å². The number of hydrogen-bond donors (Lipinski definition) is 0. The van der Waals surface area contributed by atoms with Crippen molar-refractivity contribution in [3.05, 3.63) is 12.2 Å². The number of allylic oxidation sites excluding steroid dienone is 2. The third-order valence-electron chi connectivity index (χ3n) is 6.78. The Balaban J connectivity index is 1.55. The summed E-state index contributed by atoms with van der Waals surface area (Å²) < 4.78 is 0.543. The second kappa shape index (κ2) is 3.05. The van der Waals surface area contributed by atoms with E-state index in [9.17, 15) is 0 Å². The standard InChI is InChI=1S/C14H14Br4/c15-13(16)7-3-11-1-2-12(11,5-9(7)13)6-10-8(4-11)14(10,17)18/h1-2,7-10H,3-6H2/t7-,8-,9+,10+,11?,12?. The van der Waals surface area contributed by atoms with Crippen LogP contribution in [0.1, 0.15) is 25.7 Å². The summed E-state index contributed by atoms with van der Waals surface area (Å²) in [5, 5.41) is 0. The molecule has 0 bridgehead atoms. The predicted octanol–water partition coefficient (Wildman–Crippen LogP) is 5.58. The molecular formula is C14H14Br4. The molecule has 0 aromatic heterocycles. The van der Waals surface area contributed by atoms with E-state index in [2.05, 4.69) is 75.9 Å². The Labute approximate surface area is 141 Å². The van der Waals surface area contributed by atoms with Gasteiger partial charge in [-0.2, -0.15) is 0 Å². The molecule has 0 unspecified atom stereocenters. The summed E-state index contributed by atoms with van der Waals surface area (Å²) in [5.41, 5.74) is 1.06. The van der Waals surface area contributed by atoms with Crippen LogP contribution in [0, 0.1) is 34.5 Å². The van der Waals surface area contributed by atoms with Gasteiger partial charge in [0.2, 0.25) is 0 Å². The minimum Gasteiger partial charge on any atom is -0.0808 e. The van der Waals surface area contributed by atoms with E-state index in [0.29, 0.717) is 10.8 Å². The van der Waals surface area contributed by atoms with E-state index in [1.807, 2.05) is 0 Å². The molecule has 0 heterocycles. The van der Waals surface area contributed by atoms with Crippen molar-refractivity contribution in [2.75, 3.05) is 0 Å². The number of hydrogen-bond acceptors (Lipinski definition) is 0. The van der Waals surface area contributed by atoms with Gasteiger partial charge in [-0.05, 0) is 60.2 Å². The SMILES string of the molecule is BrC1(Br)[C@@H]2CC34C=CC3(C[C@@H]21)C[C@H]1[C@@H](C4)C1(Br)Br. The summed E-state index contributed by atoms with van der Waals surface area (Å²) in [6.07, 6.45) is 10.7. The van der Waals surface area contributed by atoms with Gasteiger partial charge < -0.3 is 0 Å². The number of fused-ring (bicyclic) bond motifs is 2. The van der Waals surface area contributed by atoms with E-state index in [4.69, 9.17) is 0 Å². The average Bonchev–Trinajstić information content (AvgIpc) is 2.99. The molecule has 18 heavy (non-hydrogen) atoms. The Hall–Kier alpha value is 1.66. The van der Waals surface area contributed by atoms with Crippen LogP contribution >= 0.6 is 63.7 Å². The van der Waals surface area contributed by atoms with Gasteiger partial charge in [-0.15, -0.1) is 0 Å². The lowest BCUT2D eigenvalue weighted by atomic mass is 9.44. The highest BCUT2D eigenvalue weighted by Gasteiger charge is 2.79. The Kier molecular flexibility index (Phi) is 2.07. The molecule has 0 aliphatic heterocycles. The first kappa shape index (κ1) is 12.2. The van der Waals surface area contributed by atoms with Crippen LogP contribution in [0.3, 0.4) is 0 Å². The number of halogens is 4. The molecular weight excluding hydrogens is 488 g/mol. The van der Waals surface area contributed by atoms with Crippen molar-refractivity contribution in [2.45, 2.75) is 32.2 Å². The molecule has 5 rings (SSSR count). The summed E-state index contributed by atoms with van der Waals surface area (Å²) >= 11 is 15.6. The highest BCUT2D eigenvalue weighted by molar-refractivity contribution is 9.26. The highest BCUT2D eigenvalue weighted by atomic mass is 79.9. The minimum absolute atomic E-state index is 0.271. The third kappa shape index (κ3) is 1.14. The molecule has 5 aliphatic rings. The van der Waals surface area contributed by atoms with Crippen molar-refractivity contribution in [3.63, 3.8) is 0 Å². The first-order valence-electron chi connectivity index (χ1n) is 6.79. The van der Waals surface area contributed by atoms with Gasteiger partial charge in [0.1, 0.15) is 0 Å². The molecule has 0 radical (unpaired) electrons. The molecule has 98 valence electrons. The fraction of sp³-hybridized carbons (Fsp3) is 0.857. The van der Waals surface area contributed by atoms with Gasteiger partial charge in [0, 0.05) is 0 Å². The van der Waals surface area contributed by atoms with Gasteiger partial charge in [0.25, 0.3) is 0 Å². The van der Waals surface area contributed by atoms with E-state index in [-0.39, 0.29) is 6.47 Å². The second-order valence-corrected chi connectivity index (χ2v) is 14.6. The first-order valence-corrected chi connectivity index (χ1v) is 9.96. The number of alkyl halides is 4. The largest absolute Gasteiger partial charge is 0.0869 e. The number of rotatable bonds is 0. The quantitative estimate of drug-likeness (QED) is 0.300. The summed E-state index contributed by atoms with van der Waals surface area (Å²) in [4.78, 5) is 0. The Morgan fingerprint density at radius 2 is 0.889 bits per heavy atom. The van der Waals surface area contributed by atoms with Crippen LogP contribution in [-0.4, -0.2) is 6.47 Å². The lowest BCUT2D eigenvalue weighted by Gasteiger charge is -2.59. The van der Waals surface area contributed by atoms with Crippen molar-refractivity contribution in [2.24, 2.45) is 34.5 Å². The maximum Gasteiger partial charge on any atom is 0.0869 e. The van der Waals surface area contributed by atoms with E-state index in [0.717, 1.165) is 23.7 Å². The van der Waals surface area contributed by atoms with Crippen LogP contribution in [0.5, 0.6) is 0 Å². The van der Waals surface area contributed by atoms with E-state index >= 15 is 0 Å². The van der Waals surface area contributed by atoms with E-state index < -0.39 is 0 Å². The van der Waals surface area contributed by atoms with Crippen LogP contribution in [0.4, 0.5) is 0 Å². The molecule has 0 nitrogen and oxygen atoms in total. The van der Waals surface area contributed by atoms with Crippen LogP contribution in [0.2, 0.25) is 0 Å². The molecule has 0 aromatic carbocycles. The Morgan fingerprint density at radius 1 is 0.611 bits per heavy atom. The zero-order valence-corrected chi connectivity index (χ0v) is 16.1. The monoisotopic (exact) mass is 498 g/mol. The van der Waals surface area contributed by atoms with Crippen molar-refractivity contribution in [3.8, 4) is 0 Å². The van der Waals surface area contributed by atoms with Crippen molar-refractivity contribution in [1.29, 1.82) is 0 Å². The summed E-state index contributed by atoms with van der Waals surface area (Å²) in [5.74, 6) is 3.41. The maximum absolute atomic E-state index is 3.91. The maximum atomic E-state index is 3.91. The fourth-order valence-corrected chi connectivity index (χ4v) is 8.73. The van der Waals surface area contributed by atoms with Gasteiger partial charge >= 0.3 is 0 Å². The zero-order valence-electron chi connectivity index (χ0n) is 9.80. The molecule has 0 amide bonds. The normalized spacial score (nSPS) is 63.8. The zero-order chi connectivity index (χ0) is 12.6. The summed E-state index contributed by atoms with van der Waals surface area (Å²) in [6.45, 7) is 0. The molecule has 0 aromatic rings. The van der Waals surface area contributed by atoms with Crippen LogP contribution in [0.25, 0.3) is 0 Å².